The van der Waals surface area contributed by atoms with E-state index < -0.39 is 0 Å². The molecule has 1 N–H and O–H groups in total. The second-order valence-corrected chi connectivity index (χ2v) is 7.34. The molecule has 1 aliphatic heterocycles. The molecule has 0 unspecified atom stereocenters. The molecular formula is C22H27NO5. The Balaban J connectivity index is 2.15. The van der Waals surface area contributed by atoms with Gasteiger partial charge in [0.25, 0.3) is 0 Å². The van der Waals surface area contributed by atoms with Gasteiger partial charge in [0.2, 0.25) is 5.75 Å². The maximum absolute atomic E-state index is 10.7. The Labute approximate surface area is 165 Å². The molecule has 150 valence electrons. The van der Waals surface area contributed by atoms with E-state index in [4.69, 9.17) is 18.9 Å². The molecule has 4 rings (SSSR count). The molecule has 2 aromatic rings. The van der Waals surface area contributed by atoms with E-state index in [0.717, 1.165) is 42.5 Å². The molecule has 0 saturated carbocycles. The van der Waals surface area contributed by atoms with E-state index in [9.17, 15) is 5.11 Å². The van der Waals surface area contributed by atoms with Crippen molar-refractivity contribution in [2.75, 3.05) is 42.0 Å². The van der Waals surface area contributed by atoms with Crippen molar-refractivity contribution in [2.24, 2.45) is 0 Å². The van der Waals surface area contributed by atoms with E-state index in [-0.39, 0.29) is 11.8 Å². The molecule has 28 heavy (non-hydrogen) atoms. The number of aromatic hydroxyl groups is 1. The van der Waals surface area contributed by atoms with Crippen molar-refractivity contribution in [3.8, 4) is 39.9 Å². The highest BCUT2D eigenvalue weighted by Crippen LogP contribution is 2.56. The summed E-state index contributed by atoms with van der Waals surface area (Å²) in [6, 6.07) is 4.13. The molecule has 0 saturated heterocycles. The van der Waals surface area contributed by atoms with Crippen molar-refractivity contribution < 1.29 is 24.1 Å². The number of rotatable bonds is 4. The quantitative estimate of drug-likeness (QED) is 0.868. The van der Waals surface area contributed by atoms with Crippen LogP contribution < -0.4 is 18.9 Å². The maximum atomic E-state index is 10.7. The molecule has 1 atom stereocenters. The average Bonchev–Trinajstić information content (AvgIpc) is 2.87. The minimum atomic E-state index is 0.157. The van der Waals surface area contributed by atoms with Gasteiger partial charge in [0, 0.05) is 23.7 Å². The van der Waals surface area contributed by atoms with Crippen molar-refractivity contribution >= 4 is 0 Å². The molecule has 2 aliphatic rings. The fraction of sp³-hybridized carbons (Fsp3) is 0.455. The van der Waals surface area contributed by atoms with Crippen LogP contribution in [-0.4, -0.2) is 52.0 Å². The zero-order valence-electron chi connectivity index (χ0n) is 17.1. The molecule has 1 heterocycles. The number of benzene rings is 2. The van der Waals surface area contributed by atoms with Gasteiger partial charge < -0.3 is 24.1 Å². The minimum absolute atomic E-state index is 0.157. The first-order chi connectivity index (χ1) is 13.5. The predicted molar refractivity (Wildman–Crippen MR) is 107 cm³/mol. The number of hydrogen-bond acceptors (Lipinski definition) is 6. The molecule has 0 radical (unpaired) electrons. The van der Waals surface area contributed by atoms with Crippen molar-refractivity contribution in [1.29, 1.82) is 0 Å². The number of phenols is 1. The summed E-state index contributed by atoms with van der Waals surface area (Å²) in [6.45, 7) is 0.961. The number of phenolic OH excluding ortho intramolecular Hbond substituents is 1. The molecule has 1 aliphatic carbocycles. The van der Waals surface area contributed by atoms with E-state index >= 15 is 0 Å². The fourth-order valence-corrected chi connectivity index (χ4v) is 4.77. The second-order valence-electron chi connectivity index (χ2n) is 7.34. The third-order valence-corrected chi connectivity index (χ3v) is 6.04. The largest absolute Gasteiger partial charge is 0.504 e. The summed E-state index contributed by atoms with van der Waals surface area (Å²) in [6.07, 6.45) is 2.72. The number of aryl methyl sites for hydroxylation is 1. The average molecular weight is 385 g/mol. The van der Waals surface area contributed by atoms with Crippen LogP contribution in [0.2, 0.25) is 0 Å². The number of likely N-dealkylation sites (N-methyl/N-ethyl adjacent to an activating group) is 1. The molecule has 6 nitrogen and oxygen atoms in total. The Morgan fingerprint density at radius 3 is 2.21 bits per heavy atom. The molecule has 0 bridgehead atoms. The van der Waals surface area contributed by atoms with Gasteiger partial charge >= 0.3 is 0 Å². The highest BCUT2D eigenvalue weighted by Gasteiger charge is 2.37. The summed E-state index contributed by atoms with van der Waals surface area (Å²) >= 11 is 0. The van der Waals surface area contributed by atoms with Crippen molar-refractivity contribution in [2.45, 2.75) is 25.3 Å². The van der Waals surface area contributed by atoms with Crippen LogP contribution in [0, 0.1) is 0 Å². The zero-order chi connectivity index (χ0) is 20.0. The number of fused-ring (bicyclic) bond motifs is 2. The van der Waals surface area contributed by atoms with Gasteiger partial charge in [0.05, 0.1) is 28.4 Å². The summed E-state index contributed by atoms with van der Waals surface area (Å²) in [4.78, 5) is 2.38. The predicted octanol–water partition coefficient (Wildman–Crippen LogP) is 3.57. The Morgan fingerprint density at radius 1 is 0.857 bits per heavy atom. The Kier molecular flexibility index (Phi) is 4.75. The Morgan fingerprint density at radius 2 is 1.57 bits per heavy atom. The van der Waals surface area contributed by atoms with Crippen LogP contribution in [0.3, 0.4) is 0 Å². The topological polar surface area (TPSA) is 60.4 Å². The minimum Gasteiger partial charge on any atom is -0.504 e. The Hall–Kier alpha value is -2.60. The lowest BCUT2D eigenvalue weighted by Gasteiger charge is -2.36. The zero-order valence-corrected chi connectivity index (χ0v) is 17.1. The van der Waals surface area contributed by atoms with E-state index in [2.05, 4.69) is 11.9 Å². The normalized spacial score (nSPS) is 18.0. The highest BCUT2D eigenvalue weighted by atomic mass is 16.5. The fourth-order valence-electron chi connectivity index (χ4n) is 4.77. The lowest BCUT2D eigenvalue weighted by molar-refractivity contribution is 0.220. The number of methoxy groups -OCH3 is 4. The monoisotopic (exact) mass is 385 g/mol. The van der Waals surface area contributed by atoms with E-state index in [1.54, 1.807) is 28.4 Å². The lowest BCUT2D eigenvalue weighted by Crippen LogP contribution is -2.32. The summed E-state index contributed by atoms with van der Waals surface area (Å²) < 4.78 is 22.7. The standard InChI is InChI=1S/C22H27NO5/c1-23-9-8-13-10-15(24)20(26-3)19-17(13)14(23)7-6-12-11-16(25-2)21(27-4)22(28-5)18(12)19/h10-11,14,24H,6-9H2,1-5H3/t14-/m0/s1. The molecule has 0 aromatic heterocycles. The van der Waals surface area contributed by atoms with Crippen molar-refractivity contribution in [3.05, 3.63) is 28.8 Å². The van der Waals surface area contributed by atoms with Gasteiger partial charge in [0.1, 0.15) is 0 Å². The van der Waals surface area contributed by atoms with Crippen LogP contribution in [0.4, 0.5) is 0 Å². The van der Waals surface area contributed by atoms with Gasteiger partial charge in [-0.05, 0) is 55.1 Å². The van der Waals surface area contributed by atoms with Crippen LogP contribution in [-0.2, 0) is 12.8 Å². The van der Waals surface area contributed by atoms with Gasteiger partial charge in [-0.1, -0.05) is 0 Å². The van der Waals surface area contributed by atoms with E-state index in [1.165, 1.54) is 11.1 Å². The van der Waals surface area contributed by atoms with Crippen molar-refractivity contribution in [3.63, 3.8) is 0 Å². The molecule has 0 spiro atoms. The molecule has 0 fully saturated rings. The summed E-state index contributed by atoms with van der Waals surface area (Å²) in [7, 11) is 8.62. The summed E-state index contributed by atoms with van der Waals surface area (Å²) in [5, 5.41) is 10.7. The first kappa shape index (κ1) is 18.7. The molecule has 0 amide bonds. The van der Waals surface area contributed by atoms with Crippen molar-refractivity contribution in [1.82, 2.24) is 4.90 Å². The summed E-state index contributed by atoms with van der Waals surface area (Å²) in [5.74, 6) is 2.43. The van der Waals surface area contributed by atoms with E-state index in [0.29, 0.717) is 23.0 Å². The molecular weight excluding hydrogens is 358 g/mol. The Bertz CT molecular complexity index is 924. The lowest BCUT2D eigenvalue weighted by atomic mass is 9.85. The third kappa shape index (κ3) is 2.58. The third-order valence-electron chi connectivity index (χ3n) is 6.04. The van der Waals surface area contributed by atoms with E-state index in [1.807, 2.05) is 12.1 Å². The van der Waals surface area contributed by atoms with Crippen LogP contribution in [0.25, 0.3) is 11.1 Å². The number of hydrogen-bond donors (Lipinski definition) is 1. The number of ether oxygens (including phenoxy) is 4. The van der Waals surface area contributed by atoms with Gasteiger partial charge in [0.15, 0.2) is 23.0 Å². The summed E-state index contributed by atoms with van der Waals surface area (Å²) in [5.41, 5.74) is 5.30. The van der Waals surface area contributed by atoms with Crippen LogP contribution in [0.15, 0.2) is 12.1 Å². The van der Waals surface area contributed by atoms with Crippen LogP contribution in [0.5, 0.6) is 28.7 Å². The van der Waals surface area contributed by atoms with Gasteiger partial charge in [-0.25, -0.2) is 0 Å². The van der Waals surface area contributed by atoms with Crippen LogP contribution >= 0.6 is 0 Å². The first-order valence-electron chi connectivity index (χ1n) is 9.50. The number of nitrogens with zero attached hydrogens (tertiary/aromatic N) is 1. The molecule has 6 heteroatoms. The second kappa shape index (κ2) is 7.09. The maximum Gasteiger partial charge on any atom is 0.203 e. The molecule has 2 aromatic carbocycles. The van der Waals surface area contributed by atoms with Gasteiger partial charge in [-0.15, -0.1) is 0 Å². The van der Waals surface area contributed by atoms with Gasteiger partial charge in [-0.2, -0.15) is 0 Å². The smallest absolute Gasteiger partial charge is 0.203 e. The highest BCUT2D eigenvalue weighted by molar-refractivity contribution is 5.88. The first-order valence-corrected chi connectivity index (χ1v) is 9.50. The van der Waals surface area contributed by atoms with Crippen LogP contribution in [0.1, 0.15) is 29.2 Å². The SMILES string of the molecule is COc1cc2c(c(OC)c1OC)-c1c(OC)c(O)cc3c1[C@H](CC2)N(C)CC3. The van der Waals surface area contributed by atoms with Gasteiger partial charge in [-0.3, -0.25) is 4.90 Å².